The molecular formula is C16H17N5O. The molecule has 22 heavy (non-hydrogen) atoms. The van der Waals surface area contributed by atoms with Crippen molar-refractivity contribution in [1.29, 1.82) is 0 Å². The topological polar surface area (TPSA) is 86.0 Å². The maximum absolute atomic E-state index is 5.67. The summed E-state index contributed by atoms with van der Waals surface area (Å²) >= 11 is 0. The summed E-state index contributed by atoms with van der Waals surface area (Å²) in [5.41, 5.74) is 7.47. The Hall–Kier alpha value is -2.89. The minimum Gasteiger partial charge on any atom is -0.497 e. The van der Waals surface area contributed by atoms with Gasteiger partial charge in [0, 0.05) is 6.54 Å². The van der Waals surface area contributed by atoms with Gasteiger partial charge in [-0.3, -0.25) is 0 Å². The molecule has 0 atom stereocenters. The normalized spacial score (nSPS) is 10.6. The molecule has 0 aliphatic heterocycles. The third-order valence-corrected chi connectivity index (χ3v) is 3.36. The highest BCUT2D eigenvalue weighted by atomic mass is 16.5. The molecule has 112 valence electrons. The van der Waals surface area contributed by atoms with Crippen molar-refractivity contribution in [3.63, 3.8) is 0 Å². The number of hydrogen-bond donors (Lipinski definition) is 2. The fourth-order valence-electron chi connectivity index (χ4n) is 2.25. The maximum Gasteiger partial charge on any atom is 0.166 e. The van der Waals surface area contributed by atoms with Crippen LogP contribution in [0.1, 0.15) is 5.56 Å². The molecule has 0 spiro atoms. The van der Waals surface area contributed by atoms with Crippen molar-refractivity contribution in [2.24, 2.45) is 0 Å². The number of nitrogens with zero attached hydrogens (tertiary/aromatic N) is 3. The predicted molar refractivity (Wildman–Crippen MR) is 86.9 cm³/mol. The Labute approximate surface area is 128 Å². The van der Waals surface area contributed by atoms with Gasteiger partial charge < -0.3 is 15.8 Å². The van der Waals surface area contributed by atoms with E-state index in [1.165, 1.54) is 11.9 Å². The lowest BCUT2D eigenvalue weighted by Gasteiger charge is -2.09. The van der Waals surface area contributed by atoms with Crippen LogP contribution in [0.15, 0.2) is 42.7 Å². The summed E-state index contributed by atoms with van der Waals surface area (Å²) in [7, 11) is 1.67. The lowest BCUT2D eigenvalue weighted by Crippen LogP contribution is -2.07. The predicted octanol–water partition coefficient (Wildman–Crippen LogP) is 2.27. The van der Waals surface area contributed by atoms with Gasteiger partial charge in [-0.25, -0.2) is 15.0 Å². The fourth-order valence-corrected chi connectivity index (χ4v) is 2.25. The molecule has 6 heteroatoms. The first-order chi connectivity index (χ1) is 10.8. The van der Waals surface area contributed by atoms with Crippen molar-refractivity contribution in [2.75, 3.05) is 24.7 Å². The van der Waals surface area contributed by atoms with E-state index in [2.05, 4.69) is 26.3 Å². The van der Waals surface area contributed by atoms with Gasteiger partial charge in [-0.1, -0.05) is 12.1 Å². The highest BCUT2D eigenvalue weighted by Gasteiger charge is 2.05. The summed E-state index contributed by atoms with van der Waals surface area (Å²) in [6.07, 6.45) is 2.35. The van der Waals surface area contributed by atoms with Crippen molar-refractivity contribution in [3.8, 4) is 5.75 Å². The fraction of sp³-hybridized carbons (Fsp3) is 0.188. The van der Waals surface area contributed by atoms with Crippen LogP contribution in [0.25, 0.3) is 11.0 Å². The average molecular weight is 295 g/mol. The molecule has 3 N–H and O–H groups in total. The smallest absolute Gasteiger partial charge is 0.166 e. The molecule has 0 saturated carbocycles. The lowest BCUT2D eigenvalue weighted by molar-refractivity contribution is 0.414. The molecule has 2 aromatic heterocycles. The van der Waals surface area contributed by atoms with Gasteiger partial charge in [0.2, 0.25) is 0 Å². The number of methoxy groups -OCH3 is 1. The molecule has 0 amide bonds. The summed E-state index contributed by atoms with van der Waals surface area (Å²) in [6, 6.07) is 11.7. The molecule has 0 radical (unpaired) electrons. The highest BCUT2D eigenvalue weighted by Crippen LogP contribution is 2.19. The molecule has 0 unspecified atom stereocenters. The third kappa shape index (κ3) is 3.06. The number of aromatic nitrogens is 3. The van der Waals surface area contributed by atoms with Gasteiger partial charge >= 0.3 is 0 Å². The van der Waals surface area contributed by atoms with E-state index in [0.717, 1.165) is 29.9 Å². The van der Waals surface area contributed by atoms with Crippen molar-refractivity contribution >= 4 is 22.7 Å². The van der Waals surface area contributed by atoms with E-state index in [0.29, 0.717) is 11.5 Å². The molecule has 6 nitrogen and oxygen atoms in total. The number of nitrogens with one attached hydrogen (secondary N) is 1. The molecule has 0 fully saturated rings. The zero-order valence-corrected chi connectivity index (χ0v) is 12.3. The molecule has 0 bridgehead atoms. The van der Waals surface area contributed by atoms with Gasteiger partial charge in [-0.05, 0) is 36.2 Å². The van der Waals surface area contributed by atoms with E-state index in [4.69, 9.17) is 10.5 Å². The number of nitrogen functional groups attached to an aromatic ring is 1. The third-order valence-electron chi connectivity index (χ3n) is 3.36. The molecule has 1 aromatic carbocycles. The number of pyridine rings is 1. The Bertz CT molecular complexity index is 790. The molecule has 2 heterocycles. The maximum atomic E-state index is 5.67. The minimum absolute atomic E-state index is 0.452. The van der Waals surface area contributed by atoms with Crippen LogP contribution in [0.3, 0.4) is 0 Å². The Kier molecular flexibility index (Phi) is 4.00. The lowest BCUT2D eigenvalue weighted by atomic mass is 10.1. The van der Waals surface area contributed by atoms with Gasteiger partial charge in [0.15, 0.2) is 5.65 Å². The molecule has 0 aliphatic carbocycles. The van der Waals surface area contributed by atoms with Crippen molar-refractivity contribution in [3.05, 3.63) is 48.3 Å². The van der Waals surface area contributed by atoms with Gasteiger partial charge in [0.1, 0.15) is 23.7 Å². The van der Waals surface area contributed by atoms with E-state index < -0.39 is 0 Å². The Morgan fingerprint density at radius 3 is 2.95 bits per heavy atom. The van der Waals surface area contributed by atoms with E-state index >= 15 is 0 Å². The quantitative estimate of drug-likeness (QED) is 0.751. The summed E-state index contributed by atoms with van der Waals surface area (Å²) in [6.45, 7) is 0.754. The standard InChI is InChI=1S/C16H17N5O/c1-22-12-4-2-3-11(9-12)7-8-18-15-13-5-6-14(17)21-16(13)20-10-19-15/h2-6,9-10H,7-8H2,1H3,(H3,17,18,19,20,21). The van der Waals surface area contributed by atoms with Crippen LogP contribution in [0.2, 0.25) is 0 Å². The summed E-state index contributed by atoms with van der Waals surface area (Å²) in [5.74, 6) is 2.08. The van der Waals surface area contributed by atoms with Gasteiger partial charge in [-0.2, -0.15) is 0 Å². The van der Waals surface area contributed by atoms with Crippen LogP contribution < -0.4 is 15.8 Å². The molecule has 3 aromatic rings. The second-order valence-corrected chi connectivity index (χ2v) is 4.86. The first-order valence-electron chi connectivity index (χ1n) is 7.00. The Morgan fingerprint density at radius 2 is 2.09 bits per heavy atom. The Morgan fingerprint density at radius 1 is 1.18 bits per heavy atom. The first-order valence-corrected chi connectivity index (χ1v) is 7.00. The van der Waals surface area contributed by atoms with E-state index in [-0.39, 0.29) is 0 Å². The summed E-state index contributed by atoms with van der Waals surface area (Å²) < 4.78 is 5.23. The van der Waals surface area contributed by atoms with Gasteiger partial charge in [0.05, 0.1) is 12.5 Å². The van der Waals surface area contributed by atoms with Crippen molar-refractivity contribution in [1.82, 2.24) is 15.0 Å². The number of ether oxygens (including phenoxy) is 1. The number of nitrogens with two attached hydrogens (primary N) is 1. The summed E-state index contributed by atoms with van der Waals surface area (Å²) in [4.78, 5) is 12.6. The van der Waals surface area contributed by atoms with Crippen LogP contribution in [0, 0.1) is 0 Å². The SMILES string of the molecule is COc1cccc(CCNc2ncnc3nc(N)ccc23)c1. The van der Waals surface area contributed by atoms with E-state index in [9.17, 15) is 0 Å². The average Bonchev–Trinajstić information content (AvgIpc) is 2.55. The van der Waals surface area contributed by atoms with E-state index in [1.54, 1.807) is 13.2 Å². The van der Waals surface area contributed by atoms with Crippen LogP contribution in [-0.2, 0) is 6.42 Å². The second kappa shape index (κ2) is 6.26. The molecular weight excluding hydrogens is 278 g/mol. The van der Waals surface area contributed by atoms with Crippen LogP contribution >= 0.6 is 0 Å². The number of hydrogen-bond acceptors (Lipinski definition) is 6. The van der Waals surface area contributed by atoms with Crippen LogP contribution in [-0.4, -0.2) is 28.6 Å². The number of rotatable bonds is 5. The molecule has 3 rings (SSSR count). The summed E-state index contributed by atoms with van der Waals surface area (Å²) in [5, 5.41) is 4.18. The van der Waals surface area contributed by atoms with Crippen LogP contribution in [0.4, 0.5) is 11.6 Å². The Balaban J connectivity index is 1.71. The van der Waals surface area contributed by atoms with Crippen LogP contribution in [0.5, 0.6) is 5.75 Å². The minimum atomic E-state index is 0.452. The number of benzene rings is 1. The first kappa shape index (κ1) is 14.1. The zero-order chi connectivity index (χ0) is 15.4. The van der Waals surface area contributed by atoms with Gasteiger partial charge in [-0.15, -0.1) is 0 Å². The second-order valence-electron chi connectivity index (χ2n) is 4.86. The largest absolute Gasteiger partial charge is 0.497 e. The number of anilines is 2. The van der Waals surface area contributed by atoms with Crippen molar-refractivity contribution < 1.29 is 4.74 Å². The van der Waals surface area contributed by atoms with E-state index in [1.807, 2.05) is 24.3 Å². The highest BCUT2D eigenvalue weighted by molar-refractivity contribution is 5.86. The van der Waals surface area contributed by atoms with Gasteiger partial charge in [0.25, 0.3) is 0 Å². The molecule has 0 saturated heterocycles. The zero-order valence-electron chi connectivity index (χ0n) is 12.3. The van der Waals surface area contributed by atoms with Crippen molar-refractivity contribution in [2.45, 2.75) is 6.42 Å². The number of fused-ring (bicyclic) bond motifs is 1. The molecule has 0 aliphatic rings. The monoisotopic (exact) mass is 295 g/mol.